The molecule has 0 aliphatic carbocycles. The van der Waals surface area contributed by atoms with Crippen molar-refractivity contribution in [1.29, 1.82) is 0 Å². The molecule has 0 bridgehead atoms. The van der Waals surface area contributed by atoms with E-state index in [1.54, 1.807) is 23.4 Å². The zero-order chi connectivity index (χ0) is 17.9. The van der Waals surface area contributed by atoms with Gasteiger partial charge in [-0.25, -0.2) is 15.0 Å². The Labute approximate surface area is 151 Å². The van der Waals surface area contributed by atoms with Gasteiger partial charge in [0.05, 0.1) is 0 Å². The van der Waals surface area contributed by atoms with Crippen LogP contribution in [0.2, 0.25) is 0 Å². The predicted octanol–water partition coefficient (Wildman–Crippen LogP) is 2.82. The predicted molar refractivity (Wildman–Crippen MR) is 99.7 cm³/mol. The normalized spacial score (nSPS) is 13.8. The third kappa shape index (κ3) is 3.42. The molecule has 26 heavy (non-hydrogen) atoms. The molecule has 3 aromatic rings. The van der Waals surface area contributed by atoms with Crippen LogP contribution >= 0.6 is 0 Å². The van der Waals surface area contributed by atoms with Crippen LogP contribution in [-0.2, 0) is 0 Å². The number of rotatable bonds is 4. The molecule has 1 fully saturated rings. The summed E-state index contributed by atoms with van der Waals surface area (Å²) in [7, 11) is 0. The largest absolute Gasteiger partial charge is 0.356 e. The Hall–Kier alpha value is -3.22. The fourth-order valence-electron chi connectivity index (χ4n) is 3.08. The van der Waals surface area contributed by atoms with Crippen LogP contribution < -0.4 is 10.2 Å². The van der Waals surface area contributed by atoms with Crippen molar-refractivity contribution in [2.24, 2.45) is 0 Å². The Morgan fingerprint density at radius 3 is 2.69 bits per heavy atom. The molecule has 1 amide bonds. The summed E-state index contributed by atoms with van der Waals surface area (Å²) in [5, 5.41) is 2.86. The molecule has 0 atom stereocenters. The molecule has 132 valence electrons. The minimum Gasteiger partial charge on any atom is -0.356 e. The first kappa shape index (κ1) is 16.3. The van der Waals surface area contributed by atoms with Crippen LogP contribution in [-0.4, -0.2) is 38.5 Å². The van der Waals surface area contributed by atoms with E-state index in [1.165, 1.54) is 12.8 Å². The third-order valence-electron chi connectivity index (χ3n) is 4.42. The van der Waals surface area contributed by atoms with Crippen LogP contribution in [0.1, 0.15) is 28.9 Å². The van der Waals surface area contributed by atoms with Crippen molar-refractivity contribution >= 4 is 17.4 Å². The van der Waals surface area contributed by atoms with Gasteiger partial charge in [-0.1, -0.05) is 12.1 Å². The van der Waals surface area contributed by atoms with E-state index < -0.39 is 0 Å². The quantitative estimate of drug-likeness (QED) is 0.785. The minimum atomic E-state index is -0.247. The maximum Gasteiger partial charge on any atom is 0.275 e. The number of hydrogen-bond acceptors (Lipinski definition) is 5. The molecule has 4 rings (SSSR count). The second-order valence-electron chi connectivity index (χ2n) is 6.42. The average Bonchev–Trinajstić information content (AvgIpc) is 3.34. The molecule has 1 aromatic carbocycles. The summed E-state index contributed by atoms with van der Waals surface area (Å²) < 4.78 is 1.74. The zero-order valence-corrected chi connectivity index (χ0v) is 14.6. The van der Waals surface area contributed by atoms with Crippen LogP contribution in [0.15, 0.2) is 49.2 Å². The molecule has 0 spiro atoms. The number of benzene rings is 1. The number of nitrogens with zero attached hydrogens (tertiary/aromatic N) is 5. The molecule has 0 unspecified atom stereocenters. The second-order valence-corrected chi connectivity index (χ2v) is 6.42. The Balaban J connectivity index is 1.52. The highest BCUT2D eigenvalue weighted by Crippen LogP contribution is 2.19. The van der Waals surface area contributed by atoms with Crippen molar-refractivity contribution < 1.29 is 4.79 Å². The highest BCUT2D eigenvalue weighted by molar-refractivity contribution is 6.02. The van der Waals surface area contributed by atoms with Crippen molar-refractivity contribution in [3.8, 4) is 5.82 Å². The Morgan fingerprint density at radius 1 is 1.08 bits per heavy atom. The first-order valence-electron chi connectivity index (χ1n) is 8.68. The number of carbonyl (C=O) groups is 1. The number of hydrogen-bond donors (Lipinski definition) is 1. The molecule has 0 radical (unpaired) electrons. The zero-order valence-electron chi connectivity index (χ0n) is 14.6. The number of nitrogens with one attached hydrogen (secondary N) is 1. The van der Waals surface area contributed by atoms with E-state index in [1.807, 2.05) is 37.3 Å². The average molecular weight is 348 g/mol. The van der Waals surface area contributed by atoms with Crippen molar-refractivity contribution in [1.82, 2.24) is 19.5 Å². The van der Waals surface area contributed by atoms with Crippen molar-refractivity contribution in [3.63, 3.8) is 0 Å². The van der Waals surface area contributed by atoms with Gasteiger partial charge >= 0.3 is 0 Å². The van der Waals surface area contributed by atoms with Gasteiger partial charge < -0.3 is 10.2 Å². The Morgan fingerprint density at radius 2 is 1.88 bits per heavy atom. The lowest BCUT2D eigenvalue weighted by molar-refractivity contribution is 0.102. The summed E-state index contributed by atoms with van der Waals surface area (Å²) in [5.41, 5.74) is 2.18. The topological polar surface area (TPSA) is 75.9 Å². The molecular formula is C19H20N6O. The molecule has 7 nitrogen and oxygen atoms in total. The third-order valence-corrected chi connectivity index (χ3v) is 4.42. The Kier molecular flexibility index (Phi) is 4.35. The van der Waals surface area contributed by atoms with Gasteiger partial charge in [-0.15, -0.1) is 0 Å². The van der Waals surface area contributed by atoms with Crippen molar-refractivity contribution in [2.45, 2.75) is 19.8 Å². The summed E-state index contributed by atoms with van der Waals surface area (Å²) in [4.78, 5) is 27.5. The first-order valence-corrected chi connectivity index (χ1v) is 8.68. The van der Waals surface area contributed by atoms with E-state index in [0.29, 0.717) is 11.5 Å². The van der Waals surface area contributed by atoms with Gasteiger partial charge in [0.15, 0.2) is 0 Å². The molecule has 1 aliphatic rings. The summed E-state index contributed by atoms with van der Waals surface area (Å²) in [6, 6.07) is 9.59. The van der Waals surface area contributed by atoms with Gasteiger partial charge in [0.2, 0.25) is 0 Å². The number of amides is 1. The standard InChI is InChI=1S/C19H20N6O/c1-14-5-4-6-15(9-14)23-19(26)16-11-25(13-22-16)18-10-17(20-12-21-18)24-7-2-3-8-24/h4-6,9-13H,2-3,7-8H2,1H3,(H,23,26). The molecule has 1 N–H and O–H groups in total. The molecule has 0 saturated carbocycles. The fraction of sp³-hybridized carbons (Fsp3) is 0.263. The van der Waals surface area contributed by atoms with Crippen molar-refractivity contribution in [3.05, 3.63) is 60.4 Å². The second kappa shape index (κ2) is 6.95. The van der Waals surface area contributed by atoms with E-state index in [9.17, 15) is 4.79 Å². The summed E-state index contributed by atoms with van der Waals surface area (Å²) in [5.74, 6) is 1.36. The number of aryl methyl sites for hydroxylation is 1. The van der Waals surface area contributed by atoms with E-state index in [2.05, 4.69) is 25.2 Å². The monoisotopic (exact) mass is 348 g/mol. The molecule has 1 saturated heterocycles. The summed E-state index contributed by atoms with van der Waals surface area (Å²) in [6.07, 6.45) is 7.21. The fourth-order valence-corrected chi connectivity index (χ4v) is 3.08. The lowest BCUT2D eigenvalue weighted by atomic mass is 10.2. The lowest BCUT2D eigenvalue weighted by Crippen LogP contribution is -2.19. The van der Waals surface area contributed by atoms with Gasteiger partial charge in [-0.3, -0.25) is 9.36 Å². The van der Waals surface area contributed by atoms with E-state index in [0.717, 1.165) is 30.2 Å². The smallest absolute Gasteiger partial charge is 0.275 e. The SMILES string of the molecule is Cc1cccc(NC(=O)c2cn(-c3cc(N4CCCC4)ncn3)cn2)c1. The van der Waals surface area contributed by atoms with E-state index in [-0.39, 0.29) is 5.91 Å². The highest BCUT2D eigenvalue weighted by Gasteiger charge is 2.15. The van der Waals surface area contributed by atoms with Gasteiger partial charge in [0.1, 0.15) is 30.0 Å². The van der Waals surface area contributed by atoms with Crippen LogP contribution in [0, 0.1) is 6.92 Å². The maximum atomic E-state index is 12.4. The van der Waals surface area contributed by atoms with Gasteiger partial charge in [-0.2, -0.15) is 0 Å². The lowest BCUT2D eigenvalue weighted by Gasteiger charge is -2.16. The minimum absolute atomic E-state index is 0.247. The first-order chi connectivity index (χ1) is 12.7. The van der Waals surface area contributed by atoms with Crippen LogP contribution in [0.5, 0.6) is 0 Å². The van der Waals surface area contributed by atoms with Crippen LogP contribution in [0.3, 0.4) is 0 Å². The van der Waals surface area contributed by atoms with Gasteiger partial charge in [0.25, 0.3) is 5.91 Å². The van der Waals surface area contributed by atoms with Crippen LogP contribution in [0.25, 0.3) is 5.82 Å². The number of anilines is 2. The molecule has 1 aliphatic heterocycles. The Bertz CT molecular complexity index is 929. The maximum absolute atomic E-state index is 12.4. The van der Waals surface area contributed by atoms with Gasteiger partial charge in [-0.05, 0) is 37.5 Å². The number of carbonyl (C=O) groups excluding carboxylic acids is 1. The van der Waals surface area contributed by atoms with Gasteiger partial charge in [0, 0.05) is 31.0 Å². The molecular weight excluding hydrogens is 328 g/mol. The summed E-state index contributed by atoms with van der Waals surface area (Å²) in [6.45, 7) is 4.02. The van der Waals surface area contributed by atoms with E-state index in [4.69, 9.17) is 0 Å². The van der Waals surface area contributed by atoms with Crippen molar-refractivity contribution in [2.75, 3.05) is 23.3 Å². The summed E-state index contributed by atoms with van der Waals surface area (Å²) >= 11 is 0. The highest BCUT2D eigenvalue weighted by atomic mass is 16.1. The van der Waals surface area contributed by atoms with E-state index >= 15 is 0 Å². The van der Waals surface area contributed by atoms with Crippen LogP contribution in [0.4, 0.5) is 11.5 Å². The molecule has 7 heteroatoms. The number of imidazole rings is 1. The molecule has 2 aromatic heterocycles. The molecule has 3 heterocycles. The number of aromatic nitrogens is 4.